The highest BCUT2D eigenvalue weighted by Crippen LogP contribution is 2.25. The Balaban J connectivity index is 1.58. The van der Waals surface area contributed by atoms with Gasteiger partial charge in [-0.15, -0.1) is 0 Å². The van der Waals surface area contributed by atoms with E-state index in [0.717, 1.165) is 22.0 Å². The van der Waals surface area contributed by atoms with Crippen LogP contribution in [0.4, 0.5) is 5.69 Å². The number of rotatable bonds is 6. The Bertz CT molecular complexity index is 1360. The van der Waals surface area contributed by atoms with Crippen LogP contribution in [0.1, 0.15) is 5.56 Å². The second-order valence-corrected chi connectivity index (χ2v) is 7.19. The van der Waals surface area contributed by atoms with Crippen LogP contribution in [0.15, 0.2) is 90.6 Å². The van der Waals surface area contributed by atoms with Crippen LogP contribution in [-0.4, -0.2) is 21.6 Å². The first-order chi connectivity index (χ1) is 15.5. The molecule has 2 N–H and O–H groups in total. The monoisotopic (exact) mass is 421 g/mol. The van der Waals surface area contributed by atoms with E-state index in [9.17, 15) is 14.9 Å². The average molecular weight is 421 g/mol. The Morgan fingerprint density at radius 1 is 0.938 bits per heavy atom. The van der Waals surface area contributed by atoms with E-state index in [1.165, 1.54) is 6.08 Å². The van der Waals surface area contributed by atoms with Gasteiger partial charge in [-0.2, -0.15) is 5.26 Å². The van der Waals surface area contributed by atoms with E-state index in [1.54, 1.807) is 29.0 Å². The molecule has 0 bridgehead atoms. The number of carboxylic acids is 1. The number of nitrogens with one attached hydrogen (secondary N) is 1. The zero-order valence-electron chi connectivity index (χ0n) is 17.0. The lowest BCUT2D eigenvalue weighted by atomic mass is 10.1. The molecule has 3 aromatic carbocycles. The Kier molecular flexibility index (Phi) is 5.82. The van der Waals surface area contributed by atoms with Gasteiger partial charge in [-0.05, 0) is 35.4 Å². The number of fused-ring (bicyclic) bond motifs is 1. The van der Waals surface area contributed by atoms with Gasteiger partial charge in [0.25, 0.3) is 5.91 Å². The maximum atomic E-state index is 12.7. The van der Waals surface area contributed by atoms with Crippen LogP contribution in [-0.2, 0) is 16.1 Å². The number of anilines is 1. The third-order valence-electron chi connectivity index (χ3n) is 5.04. The zero-order chi connectivity index (χ0) is 22.5. The number of carbonyl (C=O) groups is 2. The summed E-state index contributed by atoms with van der Waals surface area (Å²) in [5, 5.41) is 22.2. The Labute approximate surface area is 184 Å². The Hall–Kier alpha value is -4.63. The van der Waals surface area contributed by atoms with E-state index in [2.05, 4.69) is 5.32 Å². The second-order valence-electron chi connectivity index (χ2n) is 7.19. The molecule has 1 aromatic heterocycles. The van der Waals surface area contributed by atoms with Gasteiger partial charge in [0.1, 0.15) is 18.2 Å². The van der Waals surface area contributed by atoms with Crippen molar-refractivity contribution in [3.8, 4) is 17.2 Å². The van der Waals surface area contributed by atoms with Crippen molar-refractivity contribution >= 4 is 34.5 Å². The molecule has 0 unspecified atom stereocenters. The third kappa shape index (κ3) is 4.42. The molecule has 6 heteroatoms. The molecule has 0 aliphatic carbocycles. The van der Waals surface area contributed by atoms with E-state index in [0.29, 0.717) is 11.3 Å². The molecule has 0 fully saturated rings. The normalized spacial score (nSPS) is 11.2. The van der Waals surface area contributed by atoms with Crippen LogP contribution in [0.25, 0.3) is 28.1 Å². The highest BCUT2D eigenvalue weighted by molar-refractivity contribution is 6.10. The fourth-order valence-electron chi connectivity index (χ4n) is 3.55. The number of hydrogen-bond acceptors (Lipinski definition) is 3. The predicted molar refractivity (Wildman–Crippen MR) is 124 cm³/mol. The molecule has 156 valence electrons. The number of benzene rings is 3. The fourth-order valence-corrected chi connectivity index (χ4v) is 3.55. The first-order valence-electron chi connectivity index (χ1n) is 9.93. The van der Waals surface area contributed by atoms with Crippen LogP contribution < -0.4 is 5.32 Å². The maximum absolute atomic E-state index is 12.7. The standard InChI is InChI=1S/C26H19N3O3/c27-15-20(14-21-16-29(17-25(30)31)24-9-5-4-8-23(21)24)26(32)28-22-12-10-19(11-13-22)18-6-2-1-3-7-18/h1-14,16H,17H2,(H,28,32)(H,30,31). The number of carboxylic acid groups (broad SMARTS) is 1. The van der Waals surface area contributed by atoms with Crippen molar-refractivity contribution in [2.75, 3.05) is 5.32 Å². The van der Waals surface area contributed by atoms with Gasteiger partial charge in [-0.1, -0.05) is 60.7 Å². The molecule has 0 saturated heterocycles. The summed E-state index contributed by atoms with van der Waals surface area (Å²) in [4.78, 5) is 23.9. The van der Waals surface area contributed by atoms with Crippen molar-refractivity contribution in [3.05, 3.63) is 96.2 Å². The molecule has 4 rings (SSSR count). The lowest BCUT2D eigenvalue weighted by Gasteiger charge is -2.06. The summed E-state index contributed by atoms with van der Waals surface area (Å²) >= 11 is 0. The predicted octanol–water partition coefficient (Wildman–Crippen LogP) is 4.94. The van der Waals surface area contributed by atoms with Gasteiger partial charge >= 0.3 is 5.97 Å². The SMILES string of the molecule is N#CC(=Cc1cn(CC(=O)O)c2ccccc12)C(=O)Nc1ccc(-c2ccccc2)cc1. The lowest BCUT2D eigenvalue weighted by molar-refractivity contribution is -0.137. The summed E-state index contributed by atoms with van der Waals surface area (Å²) in [6, 6.07) is 26.5. The summed E-state index contributed by atoms with van der Waals surface area (Å²) in [5.74, 6) is -1.51. The molecule has 1 amide bonds. The van der Waals surface area contributed by atoms with E-state index in [1.807, 2.05) is 66.7 Å². The molecule has 0 spiro atoms. The van der Waals surface area contributed by atoms with Crippen molar-refractivity contribution < 1.29 is 14.7 Å². The number of hydrogen-bond donors (Lipinski definition) is 2. The van der Waals surface area contributed by atoms with Gasteiger partial charge in [0.15, 0.2) is 0 Å². The van der Waals surface area contributed by atoms with Gasteiger partial charge < -0.3 is 15.0 Å². The van der Waals surface area contributed by atoms with E-state index in [-0.39, 0.29) is 12.1 Å². The van der Waals surface area contributed by atoms with E-state index >= 15 is 0 Å². The van der Waals surface area contributed by atoms with Gasteiger partial charge in [0.05, 0.1) is 0 Å². The van der Waals surface area contributed by atoms with Crippen LogP contribution in [0, 0.1) is 11.3 Å². The van der Waals surface area contributed by atoms with Crippen LogP contribution in [0.5, 0.6) is 0 Å². The fraction of sp³-hybridized carbons (Fsp3) is 0.0385. The quantitative estimate of drug-likeness (QED) is 0.341. The summed E-state index contributed by atoms with van der Waals surface area (Å²) in [7, 11) is 0. The Morgan fingerprint density at radius 3 is 2.28 bits per heavy atom. The molecule has 0 radical (unpaired) electrons. The Morgan fingerprint density at radius 2 is 1.59 bits per heavy atom. The molecule has 0 saturated carbocycles. The molecule has 1 heterocycles. The molecule has 32 heavy (non-hydrogen) atoms. The topological polar surface area (TPSA) is 95.1 Å². The first kappa shape index (κ1) is 20.6. The van der Waals surface area contributed by atoms with E-state index < -0.39 is 11.9 Å². The number of amides is 1. The number of nitriles is 1. The molecule has 6 nitrogen and oxygen atoms in total. The molecular weight excluding hydrogens is 402 g/mol. The van der Waals surface area contributed by atoms with E-state index in [4.69, 9.17) is 5.11 Å². The van der Waals surface area contributed by atoms with Gasteiger partial charge in [0, 0.05) is 28.4 Å². The van der Waals surface area contributed by atoms with Crippen LogP contribution in [0.3, 0.4) is 0 Å². The molecule has 0 atom stereocenters. The van der Waals surface area contributed by atoms with Crippen molar-refractivity contribution in [1.82, 2.24) is 4.57 Å². The minimum Gasteiger partial charge on any atom is -0.480 e. The zero-order valence-corrected chi connectivity index (χ0v) is 17.0. The van der Waals surface area contributed by atoms with Crippen LogP contribution >= 0.6 is 0 Å². The van der Waals surface area contributed by atoms with Crippen molar-refractivity contribution in [2.24, 2.45) is 0 Å². The van der Waals surface area contributed by atoms with Crippen molar-refractivity contribution in [2.45, 2.75) is 6.54 Å². The number of carbonyl (C=O) groups excluding carboxylic acids is 1. The van der Waals surface area contributed by atoms with Crippen molar-refractivity contribution in [3.63, 3.8) is 0 Å². The minimum absolute atomic E-state index is 0.0737. The lowest BCUT2D eigenvalue weighted by Crippen LogP contribution is -2.13. The number of para-hydroxylation sites is 1. The number of aliphatic carboxylic acids is 1. The van der Waals surface area contributed by atoms with Gasteiger partial charge in [0.2, 0.25) is 0 Å². The summed E-state index contributed by atoms with van der Waals surface area (Å²) in [5.41, 5.74) is 3.91. The van der Waals surface area contributed by atoms with Gasteiger partial charge in [-0.25, -0.2) is 0 Å². The van der Waals surface area contributed by atoms with Crippen LogP contribution in [0.2, 0.25) is 0 Å². The molecular formula is C26H19N3O3. The average Bonchev–Trinajstić information content (AvgIpc) is 3.15. The van der Waals surface area contributed by atoms with Crippen molar-refractivity contribution in [1.29, 1.82) is 5.26 Å². The molecule has 0 aliphatic rings. The third-order valence-corrected chi connectivity index (χ3v) is 5.04. The minimum atomic E-state index is -0.974. The largest absolute Gasteiger partial charge is 0.480 e. The highest BCUT2D eigenvalue weighted by atomic mass is 16.4. The van der Waals surface area contributed by atoms with Gasteiger partial charge in [-0.3, -0.25) is 9.59 Å². The summed E-state index contributed by atoms with van der Waals surface area (Å²) < 4.78 is 1.58. The first-order valence-corrected chi connectivity index (χ1v) is 9.93. The summed E-state index contributed by atoms with van der Waals surface area (Å²) in [6.07, 6.45) is 3.12. The smallest absolute Gasteiger partial charge is 0.323 e. The highest BCUT2D eigenvalue weighted by Gasteiger charge is 2.14. The number of aromatic nitrogens is 1. The number of nitrogens with zero attached hydrogens (tertiary/aromatic N) is 2. The maximum Gasteiger partial charge on any atom is 0.323 e. The summed E-state index contributed by atoms with van der Waals surface area (Å²) in [6.45, 7) is -0.212. The molecule has 0 aliphatic heterocycles. The second kappa shape index (κ2) is 9.02. The molecule has 4 aromatic rings.